The first kappa shape index (κ1) is 20.7. The maximum Gasteiger partial charge on any atom is 0.416 e. The summed E-state index contributed by atoms with van der Waals surface area (Å²) in [7, 11) is 0. The summed E-state index contributed by atoms with van der Waals surface area (Å²) in [6.07, 6.45) is -2.84. The molecule has 1 aromatic carbocycles. The van der Waals surface area contributed by atoms with E-state index < -0.39 is 17.8 Å². The van der Waals surface area contributed by atoms with E-state index in [0.717, 1.165) is 23.5 Å². The first-order chi connectivity index (χ1) is 14.7. The van der Waals surface area contributed by atoms with Gasteiger partial charge in [-0.05, 0) is 44.2 Å². The topological polar surface area (TPSA) is 97.6 Å². The number of alkyl halides is 3. The van der Waals surface area contributed by atoms with Gasteiger partial charge in [-0.15, -0.1) is 10.2 Å². The first-order valence-corrected chi connectivity index (χ1v) is 9.95. The molecule has 8 nitrogen and oxygen atoms in total. The molecule has 2 amide bonds. The lowest BCUT2D eigenvalue weighted by atomic mass is 10.2. The number of urea groups is 1. The minimum atomic E-state index is -4.44. The SMILES string of the molecule is CC(C)n1cnnc1-c1cccc(NC(=O)Nc2nc3ccc(C(F)(F)F)cc3s2)n1. The Morgan fingerprint density at radius 2 is 1.94 bits per heavy atom. The third kappa shape index (κ3) is 4.48. The molecule has 0 aliphatic carbocycles. The van der Waals surface area contributed by atoms with E-state index in [1.165, 1.54) is 6.07 Å². The van der Waals surface area contributed by atoms with Gasteiger partial charge in [-0.1, -0.05) is 17.4 Å². The Hall–Kier alpha value is -3.54. The Kier molecular flexibility index (Phi) is 5.31. The zero-order chi connectivity index (χ0) is 22.2. The van der Waals surface area contributed by atoms with Crippen molar-refractivity contribution < 1.29 is 18.0 Å². The molecule has 0 atom stereocenters. The number of hydrogen-bond acceptors (Lipinski definition) is 6. The van der Waals surface area contributed by atoms with Crippen molar-refractivity contribution in [3.8, 4) is 11.5 Å². The van der Waals surface area contributed by atoms with Crippen LogP contribution in [-0.2, 0) is 6.18 Å². The van der Waals surface area contributed by atoms with Crippen LogP contribution in [0.2, 0.25) is 0 Å². The second kappa shape index (κ2) is 7.95. The van der Waals surface area contributed by atoms with Gasteiger partial charge < -0.3 is 4.57 Å². The molecule has 0 unspecified atom stereocenters. The molecule has 4 rings (SSSR count). The van der Waals surface area contributed by atoms with Crippen LogP contribution in [0.3, 0.4) is 0 Å². The maximum absolute atomic E-state index is 12.9. The number of nitrogens with zero attached hydrogens (tertiary/aromatic N) is 5. The summed E-state index contributed by atoms with van der Waals surface area (Å²) in [5.74, 6) is 0.833. The summed E-state index contributed by atoms with van der Waals surface area (Å²) in [5.41, 5.74) is 0.125. The zero-order valence-electron chi connectivity index (χ0n) is 16.3. The highest BCUT2D eigenvalue weighted by molar-refractivity contribution is 7.22. The molecule has 31 heavy (non-hydrogen) atoms. The average Bonchev–Trinajstić information content (AvgIpc) is 3.33. The summed E-state index contributed by atoms with van der Waals surface area (Å²) in [6, 6.07) is 7.81. The number of anilines is 2. The number of benzene rings is 1. The van der Waals surface area contributed by atoms with Gasteiger partial charge in [0.2, 0.25) is 0 Å². The Labute approximate surface area is 178 Å². The fourth-order valence-electron chi connectivity index (χ4n) is 2.83. The molecule has 2 N–H and O–H groups in total. The van der Waals surface area contributed by atoms with Gasteiger partial charge in [0.05, 0.1) is 15.8 Å². The van der Waals surface area contributed by atoms with Crippen molar-refractivity contribution in [2.45, 2.75) is 26.1 Å². The molecule has 0 saturated carbocycles. The molecule has 0 aliphatic heterocycles. The van der Waals surface area contributed by atoms with Crippen LogP contribution in [0, 0.1) is 0 Å². The highest BCUT2D eigenvalue weighted by Crippen LogP contribution is 2.34. The van der Waals surface area contributed by atoms with Crippen LogP contribution in [0.5, 0.6) is 0 Å². The number of nitrogens with one attached hydrogen (secondary N) is 2. The third-order valence-corrected chi connectivity index (χ3v) is 5.22. The fourth-order valence-corrected chi connectivity index (χ4v) is 3.73. The molecule has 160 valence electrons. The monoisotopic (exact) mass is 447 g/mol. The van der Waals surface area contributed by atoms with Crippen LogP contribution in [0.1, 0.15) is 25.5 Å². The zero-order valence-corrected chi connectivity index (χ0v) is 17.1. The number of hydrogen-bond donors (Lipinski definition) is 2. The number of thiazole rings is 1. The highest BCUT2D eigenvalue weighted by atomic mass is 32.1. The fraction of sp³-hybridized carbons (Fsp3) is 0.211. The molecule has 0 saturated heterocycles. The van der Waals surface area contributed by atoms with Gasteiger partial charge in [-0.25, -0.2) is 14.8 Å². The van der Waals surface area contributed by atoms with Crippen LogP contribution < -0.4 is 10.6 Å². The van der Waals surface area contributed by atoms with Crippen LogP contribution in [0.25, 0.3) is 21.7 Å². The van der Waals surface area contributed by atoms with Crippen molar-refractivity contribution >= 4 is 38.5 Å². The molecule has 0 bridgehead atoms. The Morgan fingerprint density at radius 3 is 2.68 bits per heavy atom. The van der Waals surface area contributed by atoms with Crippen molar-refractivity contribution in [2.24, 2.45) is 0 Å². The van der Waals surface area contributed by atoms with Crippen molar-refractivity contribution in [1.82, 2.24) is 24.7 Å². The van der Waals surface area contributed by atoms with Crippen molar-refractivity contribution in [1.29, 1.82) is 0 Å². The van der Waals surface area contributed by atoms with Gasteiger partial charge in [-0.2, -0.15) is 13.2 Å². The van der Waals surface area contributed by atoms with E-state index in [4.69, 9.17) is 0 Å². The lowest BCUT2D eigenvalue weighted by Crippen LogP contribution is -2.20. The standard InChI is InChI=1S/C19H16F3N7OS/c1-10(2)29-9-23-28-16(29)13-4-3-5-15(24-13)26-17(30)27-18-25-12-7-6-11(19(20,21)22)8-14(12)31-18/h3-10H,1-2H3,(H2,24,25,26,27,30). The summed E-state index contributed by atoms with van der Waals surface area (Å²) < 4.78 is 40.8. The quantitative estimate of drug-likeness (QED) is 0.449. The van der Waals surface area contributed by atoms with Gasteiger partial charge in [0.1, 0.15) is 17.8 Å². The lowest BCUT2D eigenvalue weighted by molar-refractivity contribution is -0.137. The maximum atomic E-state index is 12.9. The molecular formula is C19H16F3N7OS. The van der Waals surface area contributed by atoms with Crippen LogP contribution in [0.4, 0.5) is 28.9 Å². The molecule has 4 aromatic rings. The molecular weight excluding hydrogens is 431 g/mol. The first-order valence-electron chi connectivity index (χ1n) is 9.13. The van der Waals surface area contributed by atoms with E-state index in [-0.39, 0.29) is 17.0 Å². The average molecular weight is 447 g/mol. The van der Waals surface area contributed by atoms with E-state index in [0.29, 0.717) is 21.7 Å². The predicted octanol–water partition coefficient (Wildman–Crippen LogP) is 5.19. The summed E-state index contributed by atoms with van der Waals surface area (Å²) in [6.45, 7) is 3.97. The summed E-state index contributed by atoms with van der Waals surface area (Å²) >= 11 is 0.948. The predicted molar refractivity (Wildman–Crippen MR) is 111 cm³/mol. The third-order valence-electron chi connectivity index (χ3n) is 4.29. The minimum absolute atomic E-state index is 0.128. The van der Waals surface area contributed by atoms with Gasteiger partial charge >= 0.3 is 12.2 Å². The number of carbonyl (C=O) groups is 1. The van der Waals surface area contributed by atoms with Gasteiger partial charge in [-0.3, -0.25) is 10.6 Å². The Balaban J connectivity index is 1.50. The van der Waals surface area contributed by atoms with Crippen molar-refractivity contribution in [3.05, 3.63) is 48.3 Å². The second-order valence-corrected chi connectivity index (χ2v) is 7.87. The molecule has 3 heterocycles. The van der Waals surface area contributed by atoms with Gasteiger partial charge in [0.25, 0.3) is 0 Å². The smallest absolute Gasteiger partial charge is 0.310 e. The number of halogens is 3. The van der Waals surface area contributed by atoms with E-state index in [1.54, 1.807) is 24.5 Å². The molecule has 0 fully saturated rings. The lowest BCUT2D eigenvalue weighted by Gasteiger charge is -2.10. The number of carbonyl (C=O) groups excluding carboxylic acids is 1. The van der Waals surface area contributed by atoms with E-state index >= 15 is 0 Å². The number of rotatable bonds is 4. The van der Waals surface area contributed by atoms with E-state index in [9.17, 15) is 18.0 Å². The van der Waals surface area contributed by atoms with Crippen molar-refractivity contribution in [2.75, 3.05) is 10.6 Å². The number of amides is 2. The summed E-state index contributed by atoms with van der Waals surface area (Å²) in [4.78, 5) is 20.9. The molecule has 3 aromatic heterocycles. The number of pyridine rings is 1. The van der Waals surface area contributed by atoms with Crippen LogP contribution in [-0.4, -0.2) is 30.8 Å². The minimum Gasteiger partial charge on any atom is -0.310 e. The van der Waals surface area contributed by atoms with Gasteiger partial charge in [0, 0.05) is 6.04 Å². The molecule has 0 radical (unpaired) electrons. The Bertz CT molecular complexity index is 1250. The normalized spacial score (nSPS) is 11.8. The van der Waals surface area contributed by atoms with Gasteiger partial charge in [0.15, 0.2) is 11.0 Å². The number of fused-ring (bicyclic) bond motifs is 1. The number of aromatic nitrogens is 5. The largest absolute Gasteiger partial charge is 0.416 e. The Morgan fingerprint density at radius 1 is 1.13 bits per heavy atom. The van der Waals surface area contributed by atoms with E-state index in [2.05, 4.69) is 30.8 Å². The molecule has 12 heteroatoms. The molecule has 0 spiro atoms. The highest BCUT2D eigenvalue weighted by Gasteiger charge is 2.30. The van der Waals surface area contributed by atoms with Crippen molar-refractivity contribution in [3.63, 3.8) is 0 Å². The molecule has 0 aliphatic rings. The second-order valence-electron chi connectivity index (χ2n) is 6.84. The van der Waals surface area contributed by atoms with Crippen LogP contribution in [0.15, 0.2) is 42.7 Å². The van der Waals surface area contributed by atoms with Crippen LogP contribution >= 0.6 is 11.3 Å². The van der Waals surface area contributed by atoms with E-state index in [1.807, 2.05) is 18.4 Å². The summed E-state index contributed by atoms with van der Waals surface area (Å²) in [5, 5.41) is 13.3.